The van der Waals surface area contributed by atoms with Gasteiger partial charge in [-0.3, -0.25) is 14.6 Å². The number of fused-ring (bicyclic) bond motifs is 1. The molecular weight excluding hydrogens is 254 g/mol. The van der Waals surface area contributed by atoms with Gasteiger partial charge in [0.05, 0.1) is 0 Å². The van der Waals surface area contributed by atoms with Gasteiger partial charge in [-0.05, 0) is 49.8 Å². The van der Waals surface area contributed by atoms with Crippen molar-refractivity contribution in [2.24, 2.45) is 0 Å². The molecule has 5 nitrogen and oxygen atoms in total. The van der Waals surface area contributed by atoms with Crippen LogP contribution in [-0.4, -0.2) is 41.8 Å². The summed E-state index contributed by atoms with van der Waals surface area (Å²) in [5.74, 6) is -0.395. The Morgan fingerprint density at radius 3 is 2.60 bits per heavy atom. The maximum atomic E-state index is 12.4. The van der Waals surface area contributed by atoms with Gasteiger partial charge in [0, 0.05) is 20.3 Å². The molecule has 0 radical (unpaired) electrons. The van der Waals surface area contributed by atoms with Crippen LogP contribution in [0.4, 0.5) is 0 Å². The fraction of sp³-hybridized carbons (Fsp3) is 0.533. The van der Waals surface area contributed by atoms with Gasteiger partial charge in [0.1, 0.15) is 11.7 Å². The molecule has 0 aromatic carbocycles. The van der Waals surface area contributed by atoms with E-state index in [0.29, 0.717) is 5.69 Å². The van der Waals surface area contributed by atoms with Crippen molar-refractivity contribution in [1.82, 2.24) is 15.2 Å². The number of carbonyl (C=O) groups is 2. The van der Waals surface area contributed by atoms with Gasteiger partial charge >= 0.3 is 0 Å². The second kappa shape index (κ2) is 6.03. The van der Waals surface area contributed by atoms with Crippen molar-refractivity contribution in [3.63, 3.8) is 0 Å². The first-order chi connectivity index (χ1) is 9.54. The lowest BCUT2D eigenvalue weighted by Crippen LogP contribution is -2.45. The molecule has 108 valence electrons. The van der Waals surface area contributed by atoms with Crippen LogP contribution >= 0.6 is 0 Å². The molecule has 1 aliphatic rings. The normalized spacial score (nSPS) is 15.2. The van der Waals surface area contributed by atoms with Crippen LogP contribution in [0.2, 0.25) is 0 Å². The number of nitrogens with zero attached hydrogens (tertiary/aromatic N) is 2. The van der Waals surface area contributed by atoms with Crippen LogP contribution in [0.25, 0.3) is 0 Å². The number of nitrogens with one attached hydrogen (secondary N) is 1. The Morgan fingerprint density at radius 2 is 1.95 bits per heavy atom. The zero-order valence-electron chi connectivity index (χ0n) is 12.3. The van der Waals surface area contributed by atoms with Crippen LogP contribution in [0, 0.1) is 0 Å². The summed E-state index contributed by atoms with van der Waals surface area (Å²) in [7, 11) is 3.19. The molecule has 1 heterocycles. The standard InChI is InChI=1S/C15H21N3O2/c1-10(14(19)16-2)18(3)15(20)13-8-11-6-4-5-7-12(11)9-17-13/h8-10H,4-7H2,1-3H3,(H,16,19)/t10-/m0/s1. The maximum Gasteiger partial charge on any atom is 0.272 e. The monoisotopic (exact) mass is 275 g/mol. The SMILES string of the molecule is CNC(=O)[C@H](C)N(C)C(=O)c1cc2c(cn1)CCCC2. The highest BCUT2D eigenvalue weighted by Crippen LogP contribution is 2.21. The van der Waals surface area contributed by atoms with Crippen molar-refractivity contribution >= 4 is 11.8 Å². The summed E-state index contributed by atoms with van der Waals surface area (Å²) in [6.07, 6.45) is 6.21. The van der Waals surface area contributed by atoms with Crippen molar-refractivity contribution in [2.75, 3.05) is 14.1 Å². The number of hydrogen-bond acceptors (Lipinski definition) is 3. The highest BCUT2D eigenvalue weighted by molar-refractivity contribution is 5.95. The molecule has 1 N–H and O–H groups in total. The first-order valence-corrected chi connectivity index (χ1v) is 7.01. The number of aromatic nitrogens is 1. The number of likely N-dealkylation sites (N-methyl/N-ethyl adjacent to an activating group) is 2. The molecule has 5 heteroatoms. The van der Waals surface area contributed by atoms with Crippen molar-refractivity contribution in [2.45, 2.75) is 38.6 Å². The number of rotatable bonds is 3. The predicted octanol–water partition coefficient (Wildman–Crippen LogP) is 1.17. The van der Waals surface area contributed by atoms with Gasteiger partial charge < -0.3 is 10.2 Å². The molecule has 0 unspecified atom stereocenters. The molecule has 1 atom stereocenters. The molecule has 20 heavy (non-hydrogen) atoms. The van der Waals surface area contributed by atoms with Crippen LogP contribution < -0.4 is 5.32 Å². The predicted molar refractivity (Wildman–Crippen MR) is 76.5 cm³/mol. The summed E-state index contributed by atoms with van der Waals surface area (Å²) in [5.41, 5.74) is 2.88. The second-order valence-electron chi connectivity index (χ2n) is 5.25. The van der Waals surface area contributed by atoms with E-state index < -0.39 is 6.04 Å². The van der Waals surface area contributed by atoms with Crippen LogP contribution in [0.15, 0.2) is 12.3 Å². The van der Waals surface area contributed by atoms with Crippen molar-refractivity contribution < 1.29 is 9.59 Å². The third-order valence-electron chi connectivity index (χ3n) is 3.97. The van der Waals surface area contributed by atoms with E-state index in [2.05, 4.69) is 10.3 Å². The van der Waals surface area contributed by atoms with Gasteiger partial charge in [0.2, 0.25) is 5.91 Å². The molecule has 0 saturated heterocycles. The van der Waals surface area contributed by atoms with E-state index in [1.54, 1.807) is 27.2 Å². The quantitative estimate of drug-likeness (QED) is 0.900. The van der Waals surface area contributed by atoms with E-state index >= 15 is 0 Å². The smallest absolute Gasteiger partial charge is 0.272 e. The molecule has 2 amide bonds. The van der Waals surface area contributed by atoms with E-state index in [1.165, 1.54) is 22.4 Å². The summed E-state index contributed by atoms with van der Waals surface area (Å²) >= 11 is 0. The van der Waals surface area contributed by atoms with Crippen molar-refractivity contribution in [3.05, 3.63) is 29.1 Å². The fourth-order valence-electron chi connectivity index (χ4n) is 2.47. The Morgan fingerprint density at radius 1 is 1.30 bits per heavy atom. The fourth-order valence-corrected chi connectivity index (χ4v) is 2.47. The van der Waals surface area contributed by atoms with E-state index in [0.717, 1.165) is 19.3 Å². The molecule has 0 saturated carbocycles. The van der Waals surface area contributed by atoms with E-state index in [9.17, 15) is 9.59 Å². The van der Waals surface area contributed by atoms with Gasteiger partial charge in [-0.1, -0.05) is 0 Å². The minimum Gasteiger partial charge on any atom is -0.357 e. The average Bonchev–Trinajstić information content (AvgIpc) is 2.51. The summed E-state index contributed by atoms with van der Waals surface area (Å²) in [6, 6.07) is 1.37. The van der Waals surface area contributed by atoms with Crippen LogP contribution in [0.3, 0.4) is 0 Å². The van der Waals surface area contributed by atoms with E-state index in [1.807, 2.05) is 6.07 Å². The highest BCUT2D eigenvalue weighted by Gasteiger charge is 2.24. The minimum absolute atomic E-state index is 0.182. The summed E-state index contributed by atoms with van der Waals surface area (Å²) in [5, 5.41) is 2.55. The van der Waals surface area contributed by atoms with Crippen LogP contribution in [0.5, 0.6) is 0 Å². The highest BCUT2D eigenvalue weighted by atomic mass is 16.2. The van der Waals surface area contributed by atoms with Crippen molar-refractivity contribution in [3.8, 4) is 0 Å². The van der Waals surface area contributed by atoms with Gasteiger partial charge in [0.15, 0.2) is 0 Å². The summed E-state index contributed by atoms with van der Waals surface area (Å²) < 4.78 is 0. The lowest BCUT2D eigenvalue weighted by atomic mass is 9.93. The average molecular weight is 275 g/mol. The minimum atomic E-state index is -0.509. The third-order valence-corrected chi connectivity index (χ3v) is 3.97. The third kappa shape index (κ3) is 2.81. The molecule has 0 aliphatic heterocycles. The number of aryl methyl sites for hydroxylation is 2. The first kappa shape index (κ1) is 14.5. The Labute approximate surface area is 119 Å². The number of hydrogen-bond donors (Lipinski definition) is 1. The maximum absolute atomic E-state index is 12.4. The topological polar surface area (TPSA) is 62.3 Å². The van der Waals surface area contributed by atoms with Crippen molar-refractivity contribution in [1.29, 1.82) is 0 Å². The Hall–Kier alpha value is -1.91. The first-order valence-electron chi connectivity index (χ1n) is 7.01. The van der Waals surface area contributed by atoms with Gasteiger partial charge in [-0.25, -0.2) is 0 Å². The molecule has 1 aromatic heterocycles. The number of carbonyl (C=O) groups excluding carboxylic acids is 2. The van der Waals surface area contributed by atoms with E-state index in [-0.39, 0.29) is 11.8 Å². The Bertz CT molecular complexity index is 528. The lowest BCUT2D eigenvalue weighted by molar-refractivity contribution is -0.124. The molecule has 1 aliphatic carbocycles. The lowest BCUT2D eigenvalue weighted by Gasteiger charge is -2.24. The van der Waals surface area contributed by atoms with E-state index in [4.69, 9.17) is 0 Å². The zero-order valence-corrected chi connectivity index (χ0v) is 12.3. The molecule has 2 rings (SSSR count). The largest absolute Gasteiger partial charge is 0.357 e. The molecule has 0 fully saturated rings. The van der Waals surface area contributed by atoms with Gasteiger partial charge in [-0.2, -0.15) is 0 Å². The molecule has 0 bridgehead atoms. The van der Waals surface area contributed by atoms with Gasteiger partial charge in [-0.15, -0.1) is 0 Å². The molecule has 1 aromatic rings. The second-order valence-corrected chi connectivity index (χ2v) is 5.25. The van der Waals surface area contributed by atoms with Crippen LogP contribution in [-0.2, 0) is 17.6 Å². The van der Waals surface area contributed by atoms with Gasteiger partial charge in [0.25, 0.3) is 5.91 Å². The van der Waals surface area contributed by atoms with Crippen LogP contribution in [0.1, 0.15) is 41.4 Å². The number of pyridine rings is 1. The molecule has 0 spiro atoms. The summed E-state index contributed by atoms with van der Waals surface area (Å²) in [6.45, 7) is 1.70. The molecular formula is C15H21N3O2. The summed E-state index contributed by atoms with van der Waals surface area (Å²) in [4.78, 5) is 29.7. The Balaban J connectivity index is 2.18. The number of amides is 2. The Kier molecular flexibility index (Phi) is 4.37. The zero-order chi connectivity index (χ0) is 14.7.